The molecule has 2 aliphatic heterocycles. The summed E-state index contributed by atoms with van der Waals surface area (Å²) in [7, 11) is 0. The lowest BCUT2D eigenvalue weighted by atomic mass is 9.99. The van der Waals surface area contributed by atoms with Crippen LogP contribution in [0.4, 0.5) is 4.79 Å². The van der Waals surface area contributed by atoms with Gasteiger partial charge in [0.2, 0.25) is 0 Å². The number of aliphatic hydroxyl groups excluding tert-OH is 1. The van der Waals surface area contributed by atoms with Gasteiger partial charge in [-0.05, 0) is 16.7 Å². The van der Waals surface area contributed by atoms with Crippen molar-refractivity contribution in [3.05, 3.63) is 83.4 Å². The van der Waals surface area contributed by atoms with Crippen LogP contribution in [-0.2, 0) is 32.1 Å². The molecule has 0 saturated carbocycles. The number of benzene rings is 2. The third kappa shape index (κ3) is 7.37. The number of aliphatic hydroxyl groups is 1. The second kappa shape index (κ2) is 12.8. The summed E-state index contributed by atoms with van der Waals surface area (Å²) in [6.45, 7) is 8.20. The summed E-state index contributed by atoms with van der Waals surface area (Å²) in [6, 6.07) is 15.7. The third-order valence-corrected chi connectivity index (χ3v) is 6.20. The lowest BCUT2D eigenvalue weighted by Crippen LogP contribution is -2.44. The summed E-state index contributed by atoms with van der Waals surface area (Å²) in [4.78, 5) is 14.0. The Morgan fingerprint density at radius 3 is 2.43 bits per heavy atom. The maximum absolute atomic E-state index is 11.7. The molecule has 0 aromatic heterocycles. The van der Waals surface area contributed by atoms with Crippen molar-refractivity contribution >= 4 is 6.09 Å². The van der Waals surface area contributed by atoms with E-state index in [-0.39, 0.29) is 25.4 Å². The number of amides is 1. The largest absolute Gasteiger partial charge is 0.445 e. The Bertz CT molecular complexity index is 943. The highest BCUT2D eigenvalue weighted by Crippen LogP contribution is 2.38. The molecular formula is C27H34N2O6. The zero-order valence-corrected chi connectivity index (χ0v) is 19.9. The minimum atomic E-state index is -0.503. The number of nitrogens with one attached hydrogen (secondary N) is 1. The fraction of sp³-hybridized carbons (Fsp3) is 0.444. The molecule has 3 atom stereocenters. The minimum Gasteiger partial charge on any atom is -0.445 e. The van der Waals surface area contributed by atoms with E-state index in [2.05, 4.69) is 16.8 Å². The smallest absolute Gasteiger partial charge is 0.407 e. The summed E-state index contributed by atoms with van der Waals surface area (Å²) < 4.78 is 23.2. The van der Waals surface area contributed by atoms with Crippen LogP contribution in [0.2, 0.25) is 0 Å². The molecule has 2 heterocycles. The van der Waals surface area contributed by atoms with Crippen LogP contribution < -0.4 is 5.32 Å². The SMILES string of the molecule is C=CCOC(=O)NCc1ccc([C@@H]2O[C@H](CN3CCOCC3)C[C@H](c3ccc(CO)cc3)O2)cc1. The fourth-order valence-electron chi connectivity index (χ4n) is 4.26. The Morgan fingerprint density at radius 2 is 1.74 bits per heavy atom. The van der Waals surface area contributed by atoms with Crippen LogP contribution in [0.25, 0.3) is 0 Å². The van der Waals surface area contributed by atoms with Gasteiger partial charge in [-0.1, -0.05) is 61.2 Å². The van der Waals surface area contributed by atoms with Gasteiger partial charge in [-0.25, -0.2) is 4.79 Å². The number of hydrogen-bond acceptors (Lipinski definition) is 7. The molecule has 0 unspecified atom stereocenters. The lowest BCUT2D eigenvalue weighted by Gasteiger charge is -2.39. The van der Waals surface area contributed by atoms with Crippen LogP contribution in [0.5, 0.6) is 0 Å². The standard InChI is InChI=1S/C27H34N2O6/c1-2-13-33-27(31)28-17-20-3-9-23(10-4-20)26-34-24(18-29-11-14-32-15-12-29)16-25(35-26)22-7-5-21(19-30)6-8-22/h2-10,24-26,30H,1,11-19H2,(H,28,31)/t24-,25+,26+/m0/s1. The van der Waals surface area contributed by atoms with E-state index >= 15 is 0 Å². The Morgan fingerprint density at radius 1 is 1.06 bits per heavy atom. The molecule has 2 saturated heterocycles. The lowest BCUT2D eigenvalue weighted by molar-refractivity contribution is -0.253. The van der Waals surface area contributed by atoms with E-state index in [0.29, 0.717) is 6.54 Å². The summed E-state index contributed by atoms with van der Waals surface area (Å²) in [5, 5.41) is 12.1. The van der Waals surface area contributed by atoms with E-state index in [1.807, 2.05) is 48.5 Å². The number of carbonyl (C=O) groups excluding carboxylic acids is 1. The Labute approximate surface area is 206 Å². The summed E-state index contributed by atoms with van der Waals surface area (Å²) >= 11 is 0. The Hall–Kier alpha value is -2.75. The number of morpholine rings is 1. The van der Waals surface area contributed by atoms with Gasteiger partial charge in [0, 0.05) is 38.2 Å². The first-order chi connectivity index (χ1) is 17.1. The number of carbonyl (C=O) groups is 1. The predicted octanol–water partition coefficient (Wildman–Crippen LogP) is 3.47. The van der Waals surface area contributed by atoms with Crippen LogP contribution in [0.15, 0.2) is 61.2 Å². The van der Waals surface area contributed by atoms with Crippen LogP contribution >= 0.6 is 0 Å². The average molecular weight is 483 g/mol. The molecule has 8 nitrogen and oxygen atoms in total. The molecule has 2 aromatic rings. The molecular weight excluding hydrogens is 448 g/mol. The number of alkyl carbamates (subject to hydrolysis) is 1. The van der Waals surface area contributed by atoms with Crippen molar-refractivity contribution in [2.24, 2.45) is 0 Å². The van der Waals surface area contributed by atoms with Crippen LogP contribution in [0.3, 0.4) is 0 Å². The van der Waals surface area contributed by atoms with Gasteiger partial charge in [0.05, 0.1) is 32.0 Å². The van der Waals surface area contributed by atoms with Gasteiger partial charge >= 0.3 is 6.09 Å². The molecule has 8 heteroatoms. The molecule has 2 N–H and O–H groups in total. The molecule has 4 rings (SSSR count). The van der Waals surface area contributed by atoms with E-state index < -0.39 is 12.4 Å². The molecule has 2 aliphatic rings. The van der Waals surface area contributed by atoms with Crippen molar-refractivity contribution in [1.29, 1.82) is 0 Å². The van der Waals surface area contributed by atoms with Gasteiger partial charge in [-0.3, -0.25) is 4.90 Å². The second-order valence-electron chi connectivity index (χ2n) is 8.75. The zero-order chi connectivity index (χ0) is 24.5. The minimum absolute atomic E-state index is 0.00958. The quantitative estimate of drug-likeness (QED) is 0.529. The molecule has 0 bridgehead atoms. The summed E-state index contributed by atoms with van der Waals surface area (Å²) in [6.07, 6.45) is 1.19. The zero-order valence-electron chi connectivity index (χ0n) is 19.9. The molecule has 0 spiro atoms. The van der Waals surface area contributed by atoms with Crippen molar-refractivity contribution in [2.45, 2.75) is 38.1 Å². The van der Waals surface area contributed by atoms with Gasteiger partial charge in [-0.15, -0.1) is 0 Å². The molecule has 2 fully saturated rings. The molecule has 35 heavy (non-hydrogen) atoms. The predicted molar refractivity (Wildman–Crippen MR) is 131 cm³/mol. The summed E-state index contributed by atoms with van der Waals surface area (Å²) in [5.74, 6) is 0. The normalized spacial score (nSPS) is 22.9. The van der Waals surface area contributed by atoms with E-state index in [1.54, 1.807) is 0 Å². The van der Waals surface area contributed by atoms with Gasteiger partial charge in [0.1, 0.15) is 6.61 Å². The van der Waals surface area contributed by atoms with E-state index in [9.17, 15) is 9.90 Å². The van der Waals surface area contributed by atoms with E-state index in [0.717, 1.165) is 61.5 Å². The highest BCUT2D eigenvalue weighted by atomic mass is 16.7. The van der Waals surface area contributed by atoms with Crippen LogP contribution in [0.1, 0.15) is 41.1 Å². The van der Waals surface area contributed by atoms with Crippen LogP contribution in [0, 0.1) is 0 Å². The van der Waals surface area contributed by atoms with Crippen molar-refractivity contribution in [2.75, 3.05) is 39.5 Å². The van der Waals surface area contributed by atoms with Gasteiger partial charge < -0.3 is 29.4 Å². The van der Waals surface area contributed by atoms with Crippen molar-refractivity contribution < 1.29 is 28.8 Å². The number of hydrogen-bond donors (Lipinski definition) is 2. The van der Waals surface area contributed by atoms with Gasteiger partial charge in [0.15, 0.2) is 6.29 Å². The molecule has 188 valence electrons. The van der Waals surface area contributed by atoms with Crippen molar-refractivity contribution in [1.82, 2.24) is 10.2 Å². The van der Waals surface area contributed by atoms with Crippen molar-refractivity contribution in [3.8, 4) is 0 Å². The summed E-state index contributed by atoms with van der Waals surface area (Å²) in [5.41, 5.74) is 3.81. The molecule has 0 aliphatic carbocycles. The number of ether oxygens (including phenoxy) is 4. The maximum Gasteiger partial charge on any atom is 0.407 e. The third-order valence-electron chi connectivity index (χ3n) is 6.20. The monoisotopic (exact) mass is 482 g/mol. The van der Waals surface area contributed by atoms with Gasteiger partial charge in [-0.2, -0.15) is 0 Å². The molecule has 2 aromatic carbocycles. The Balaban J connectivity index is 1.44. The maximum atomic E-state index is 11.7. The highest BCUT2D eigenvalue weighted by molar-refractivity contribution is 5.67. The number of rotatable bonds is 9. The van der Waals surface area contributed by atoms with E-state index in [1.165, 1.54) is 6.08 Å². The second-order valence-corrected chi connectivity index (χ2v) is 8.75. The highest BCUT2D eigenvalue weighted by Gasteiger charge is 2.33. The number of nitrogens with zero attached hydrogens (tertiary/aromatic N) is 1. The van der Waals surface area contributed by atoms with Gasteiger partial charge in [0.25, 0.3) is 0 Å². The molecule has 1 amide bonds. The molecule has 0 radical (unpaired) electrons. The Kier molecular flexibility index (Phi) is 9.28. The first-order valence-corrected chi connectivity index (χ1v) is 12.1. The van der Waals surface area contributed by atoms with Crippen LogP contribution in [-0.4, -0.2) is 61.7 Å². The topological polar surface area (TPSA) is 89.5 Å². The first-order valence-electron chi connectivity index (χ1n) is 12.1. The van der Waals surface area contributed by atoms with Crippen molar-refractivity contribution in [3.63, 3.8) is 0 Å². The average Bonchev–Trinajstić information content (AvgIpc) is 2.91. The fourth-order valence-corrected chi connectivity index (χ4v) is 4.26. The first kappa shape index (κ1) is 25.3. The van der Waals surface area contributed by atoms with E-state index in [4.69, 9.17) is 18.9 Å².